The van der Waals surface area contributed by atoms with Crippen LogP contribution >= 0.6 is 0 Å². The van der Waals surface area contributed by atoms with Crippen LogP contribution < -0.4 is 20.7 Å². The van der Waals surface area contributed by atoms with Gasteiger partial charge in [0.1, 0.15) is 11.8 Å². The highest BCUT2D eigenvalue weighted by Gasteiger charge is 2.28. The van der Waals surface area contributed by atoms with E-state index in [9.17, 15) is 9.59 Å². The number of amides is 2. The molecular weight excluding hydrogens is 344 g/mol. The predicted octanol–water partition coefficient (Wildman–Crippen LogP) is 2.55. The van der Waals surface area contributed by atoms with Crippen molar-refractivity contribution >= 4 is 29.1 Å². The first-order valence-electron chi connectivity index (χ1n) is 8.76. The van der Waals surface area contributed by atoms with Gasteiger partial charge in [-0.3, -0.25) is 14.9 Å². The van der Waals surface area contributed by atoms with Gasteiger partial charge in [0, 0.05) is 5.69 Å². The number of nitrogens with one attached hydrogen (secondary N) is 3. The smallest absolute Gasteiger partial charge is 0.252 e. The number of para-hydroxylation sites is 2. The maximum atomic E-state index is 12.3. The maximum absolute atomic E-state index is 12.3. The number of rotatable bonds is 6. The molecule has 2 aromatic rings. The standard InChI is InChI=1S/C20H22N4O3/c1-3-13-8-10-14(11-9-13)21-20-23-16(19(26)24-20)12-18(25)22-15-6-4-5-7-17(15)27-2/h4-11,16H,3,12H2,1-2H3,(H,22,25)(H2,21,23,24,26)/t16-/m0/s1. The van der Waals surface area contributed by atoms with Crippen LogP contribution in [0.25, 0.3) is 0 Å². The zero-order chi connectivity index (χ0) is 19.2. The summed E-state index contributed by atoms with van der Waals surface area (Å²) in [4.78, 5) is 28.7. The molecule has 7 nitrogen and oxygen atoms in total. The fourth-order valence-corrected chi connectivity index (χ4v) is 2.73. The van der Waals surface area contributed by atoms with Crippen LogP contribution in [0, 0.1) is 0 Å². The second kappa shape index (κ2) is 8.35. The van der Waals surface area contributed by atoms with Crippen LogP contribution in [-0.2, 0) is 16.0 Å². The van der Waals surface area contributed by atoms with E-state index < -0.39 is 6.04 Å². The Balaban J connectivity index is 1.61. The largest absolute Gasteiger partial charge is 0.495 e. The van der Waals surface area contributed by atoms with Crippen molar-refractivity contribution in [2.24, 2.45) is 4.99 Å². The Bertz CT molecular complexity index is 862. The Morgan fingerprint density at radius 1 is 1.19 bits per heavy atom. The zero-order valence-corrected chi connectivity index (χ0v) is 15.3. The average Bonchev–Trinajstić information content (AvgIpc) is 3.01. The summed E-state index contributed by atoms with van der Waals surface area (Å²) in [6.45, 7) is 2.09. The van der Waals surface area contributed by atoms with Gasteiger partial charge in [0.25, 0.3) is 5.91 Å². The van der Waals surface area contributed by atoms with Gasteiger partial charge in [-0.15, -0.1) is 0 Å². The molecule has 0 aromatic heterocycles. The highest BCUT2D eigenvalue weighted by atomic mass is 16.5. The fourth-order valence-electron chi connectivity index (χ4n) is 2.73. The van der Waals surface area contributed by atoms with Crippen LogP contribution in [0.4, 0.5) is 11.4 Å². The molecule has 0 aliphatic carbocycles. The van der Waals surface area contributed by atoms with Gasteiger partial charge in [0.15, 0.2) is 0 Å². The average molecular weight is 366 g/mol. The molecule has 0 bridgehead atoms. The first-order valence-corrected chi connectivity index (χ1v) is 8.76. The van der Waals surface area contributed by atoms with Crippen molar-refractivity contribution in [1.82, 2.24) is 5.32 Å². The molecule has 0 fully saturated rings. The number of aryl methyl sites for hydroxylation is 1. The van der Waals surface area contributed by atoms with Crippen LogP contribution in [0.1, 0.15) is 18.9 Å². The van der Waals surface area contributed by atoms with E-state index in [1.165, 1.54) is 12.7 Å². The molecule has 1 atom stereocenters. The number of hydrogen-bond acceptors (Lipinski definition) is 5. The summed E-state index contributed by atoms with van der Waals surface area (Å²) in [5.41, 5.74) is 2.61. The number of carbonyl (C=O) groups excluding carboxylic acids is 2. The molecule has 2 aromatic carbocycles. The van der Waals surface area contributed by atoms with Gasteiger partial charge in [0.2, 0.25) is 11.9 Å². The molecule has 1 heterocycles. The number of carbonyl (C=O) groups is 2. The maximum Gasteiger partial charge on any atom is 0.252 e. The number of benzene rings is 2. The van der Waals surface area contributed by atoms with Gasteiger partial charge in [-0.2, -0.15) is 0 Å². The Kier molecular flexibility index (Phi) is 5.71. The molecule has 0 saturated heterocycles. The van der Waals surface area contributed by atoms with Gasteiger partial charge in [-0.05, 0) is 36.2 Å². The second-order valence-electron chi connectivity index (χ2n) is 6.11. The monoisotopic (exact) mass is 366 g/mol. The van der Waals surface area contributed by atoms with Crippen molar-refractivity contribution in [2.75, 3.05) is 17.7 Å². The first-order chi connectivity index (χ1) is 13.1. The lowest BCUT2D eigenvalue weighted by molar-refractivity contribution is -0.123. The molecule has 3 N–H and O–H groups in total. The number of ether oxygens (including phenoxy) is 1. The van der Waals surface area contributed by atoms with Crippen LogP contribution in [0.2, 0.25) is 0 Å². The molecule has 27 heavy (non-hydrogen) atoms. The minimum atomic E-state index is -0.767. The van der Waals surface area contributed by atoms with Crippen LogP contribution in [0.5, 0.6) is 5.75 Å². The molecule has 7 heteroatoms. The molecule has 2 amide bonds. The molecule has 0 spiro atoms. The molecule has 0 saturated carbocycles. The lowest BCUT2D eigenvalue weighted by atomic mass is 10.1. The molecule has 1 aliphatic rings. The van der Waals surface area contributed by atoms with E-state index in [0.29, 0.717) is 17.4 Å². The topological polar surface area (TPSA) is 91.8 Å². The summed E-state index contributed by atoms with van der Waals surface area (Å²) in [5, 5.41) is 8.48. The Morgan fingerprint density at radius 3 is 2.63 bits per heavy atom. The lowest BCUT2D eigenvalue weighted by Gasteiger charge is -2.10. The molecule has 1 aliphatic heterocycles. The van der Waals surface area contributed by atoms with Gasteiger partial charge in [0.05, 0.1) is 19.2 Å². The third-order valence-electron chi connectivity index (χ3n) is 4.21. The van der Waals surface area contributed by atoms with Crippen molar-refractivity contribution in [3.05, 3.63) is 54.1 Å². The van der Waals surface area contributed by atoms with Gasteiger partial charge in [-0.1, -0.05) is 31.2 Å². The number of nitrogens with zero attached hydrogens (tertiary/aromatic N) is 1. The Labute approximate surface area is 157 Å². The Hall–Kier alpha value is -3.35. The molecular formula is C20H22N4O3. The summed E-state index contributed by atoms with van der Waals surface area (Å²) in [6.07, 6.45) is 0.908. The van der Waals surface area contributed by atoms with Gasteiger partial charge >= 0.3 is 0 Å². The second-order valence-corrected chi connectivity index (χ2v) is 6.11. The van der Waals surface area contributed by atoms with Crippen LogP contribution in [-0.4, -0.2) is 30.9 Å². The van der Waals surface area contributed by atoms with Gasteiger partial charge < -0.3 is 15.4 Å². The molecule has 3 rings (SSSR count). The minimum absolute atomic E-state index is 0.0518. The summed E-state index contributed by atoms with van der Waals surface area (Å²) in [7, 11) is 1.53. The predicted molar refractivity (Wildman–Crippen MR) is 105 cm³/mol. The van der Waals surface area contributed by atoms with Crippen molar-refractivity contribution < 1.29 is 14.3 Å². The minimum Gasteiger partial charge on any atom is -0.495 e. The number of anilines is 2. The van der Waals surface area contributed by atoms with Gasteiger partial charge in [-0.25, -0.2) is 4.99 Å². The van der Waals surface area contributed by atoms with Crippen molar-refractivity contribution in [1.29, 1.82) is 0 Å². The molecule has 140 valence electrons. The fraction of sp³-hybridized carbons (Fsp3) is 0.250. The van der Waals surface area contributed by atoms with E-state index in [4.69, 9.17) is 4.74 Å². The third-order valence-corrected chi connectivity index (χ3v) is 4.21. The normalized spacial score (nSPS) is 15.7. The van der Waals surface area contributed by atoms with E-state index >= 15 is 0 Å². The van der Waals surface area contributed by atoms with E-state index in [1.807, 2.05) is 30.3 Å². The number of hydrogen-bond donors (Lipinski definition) is 3. The summed E-state index contributed by atoms with van der Waals surface area (Å²) >= 11 is 0. The van der Waals surface area contributed by atoms with Crippen molar-refractivity contribution in [3.63, 3.8) is 0 Å². The van der Waals surface area contributed by atoms with E-state index in [1.54, 1.807) is 18.2 Å². The quantitative estimate of drug-likeness (QED) is 0.733. The highest BCUT2D eigenvalue weighted by molar-refractivity contribution is 6.11. The highest BCUT2D eigenvalue weighted by Crippen LogP contribution is 2.23. The number of aliphatic imine (C=N–C) groups is 1. The van der Waals surface area contributed by atoms with Crippen LogP contribution in [0.3, 0.4) is 0 Å². The number of guanidine groups is 1. The zero-order valence-electron chi connectivity index (χ0n) is 15.3. The van der Waals surface area contributed by atoms with Crippen LogP contribution in [0.15, 0.2) is 53.5 Å². The van der Waals surface area contributed by atoms with E-state index in [0.717, 1.165) is 12.1 Å². The molecule has 0 unspecified atom stereocenters. The third kappa shape index (κ3) is 4.63. The summed E-state index contributed by atoms with van der Waals surface area (Å²) in [6, 6.07) is 14.2. The van der Waals surface area contributed by atoms with Crippen molar-refractivity contribution in [3.8, 4) is 5.75 Å². The first kappa shape index (κ1) is 18.4. The number of methoxy groups -OCH3 is 1. The summed E-state index contributed by atoms with van der Waals surface area (Å²) < 4.78 is 5.21. The van der Waals surface area contributed by atoms with E-state index in [-0.39, 0.29) is 18.2 Å². The SMILES string of the molecule is CCc1ccc(NC2=N[C@@H](CC(=O)Nc3ccccc3OC)C(=O)N2)cc1. The van der Waals surface area contributed by atoms with E-state index in [2.05, 4.69) is 27.9 Å². The Morgan fingerprint density at radius 2 is 1.93 bits per heavy atom. The van der Waals surface area contributed by atoms with Crippen molar-refractivity contribution in [2.45, 2.75) is 25.8 Å². The lowest BCUT2D eigenvalue weighted by Crippen LogP contribution is -2.33. The summed E-state index contributed by atoms with van der Waals surface area (Å²) in [5.74, 6) is 0.289. The molecule has 0 radical (unpaired) electrons.